The monoisotopic (exact) mass is 243 g/mol. The van der Waals surface area contributed by atoms with Crippen LogP contribution in [0.5, 0.6) is 0 Å². The number of ether oxygens (including phenoxy) is 1. The van der Waals surface area contributed by atoms with Crippen molar-refractivity contribution < 1.29 is 18.3 Å². The molecule has 0 spiro atoms. The molecule has 94 valence electrons. The molecular weight excluding hydrogens is 228 g/mol. The highest BCUT2D eigenvalue weighted by Crippen LogP contribution is 2.30. The molecule has 1 aliphatic carbocycles. The van der Waals surface area contributed by atoms with Gasteiger partial charge in [-0.25, -0.2) is 13.6 Å². The zero-order valence-electron chi connectivity index (χ0n) is 9.82. The first-order valence-electron chi connectivity index (χ1n) is 5.73. The molecule has 2 aliphatic rings. The molecule has 0 saturated carbocycles. The van der Waals surface area contributed by atoms with Crippen molar-refractivity contribution in [2.45, 2.75) is 38.6 Å². The first-order chi connectivity index (χ1) is 8.04. The molecule has 3 nitrogen and oxygen atoms in total. The highest BCUT2D eigenvalue weighted by Gasteiger charge is 2.40. The summed E-state index contributed by atoms with van der Waals surface area (Å²) in [5.74, 6) is -0.791. The first kappa shape index (κ1) is 12.1. The minimum Gasteiger partial charge on any atom is -0.439 e. The normalized spacial score (nSPS) is 33.3. The van der Waals surface area contributed by atoms with Crippen LogP contribution in [0.1, 0.15) is 20.3 Å². The van der Waals surface area contributed by atoms with Crippen LogP contribution in [0.4, 0.5) is 13.6 Å². The molecule has 0 bridgehead atoms. The number of halogens is 2. The molecule has 1 heterocycles. The summed E-state index contributed by atoms with van der Waals surface area (Å²) in [6, 6.07) is -0.154. The SMILES string of the molecule is CCN1C(=O)O[C@H](C2=CCC(F)C(F)=C2)[C@@H]1C. The molecule has 1 fully saturated rings. The zero-order valence-corrected chi connectivity index (χ0v) is 9.82. The third-order valence-electron chi connectivity index (χ3n) is 3.23. The standard InChI is InChI=1S/C12H15F2NO2/c1-3-15-7(2)11(17-12(15)16)8-4-5-9(13)10(14)6-8/h4,6-7,9,11H,3,5H2,1-2H3/t7-,9?,11-/m0/s1. The van der Waals surface area contributed by atoms with Crippen LogP contribution in [0, 0.1) is 0 Å². The third-order valence-corrected chi connectivity index (χ3v) is 3.23. The van der Waals surface area contributed by atoms with E-state index < -0.39 is 24.2 Å². The van der Waals surface area contributed by atoms with E-state index in [9.17, 15) is 13.6 Å². The average molecular weight is 243 g/mol. The Morgan fingerprint density at radius 2 is 2.29 bits per heavy atom. The van der Waals surface area contributed by atoms with E-state index in [0.29, 0.717) is 12.1 Å². The summed E-state index contributed by atoms with van der Waals surface area (Å²) in [7, 11) is 0. The van der Waals surface area contributed by atoms with Crippen molar-refractivity contribution in [3.8, 4) is 0 Å². The molecule has 3 atom stereocenters. The predicted octanol–water partition coefficient (Wildman–Crippen LogP) is 2.74. The molecule has 1 saturated heterocycles. The Morgan fingerprint density at radius 3 is 2.82 bits per heavy atom. The summed E-state index contributed by atoms with van der Waals surface area (Å²) < 4.78 is 31.3. The van der Waals surface area contributed by atoms with Gasteiger partial charge in [-0.2, -0.15) is 0 Å². The van der Waals surface area contributed by atoms with Crippen LogP contribution in [-0.2, 0) is 4.74 Å². The van der Waals surface area contributed by atoms with Crippen molar-refractivity contribution >= 4 is 6.09 Å². The van der Waals surface area contributed by atoms with Crippen molar-refractivity contribution in [2.24, 2.45) is 0 Å². The number of alkyl halides is 1. The average Bonchev–Trinajstić information content (AvgIpc) is 2.58. The summed E-state index contributed by atoms with van der Waals surface area (Å²) in [4.78, 5) is 13.1. The first-order valence-corrected chi connectivity index (χ1v) is 5.73. The fraction of sp³-hybridized carbons (Fsp3) is 0.583. The number of carbonyl (C=O) groups excluding carboxylic acids is 1. The van der Waals surface area contributed by atoms with Gasteiger partial charge < -0.3 is 9.64 Å². The Balaban J connectivity index is 2.18. The van der Waals surface area contributed by atoms with E-state index in [1.165, 1.54) is 0 Å². The molecule has 1 aliphatic heterocycles. The second-order valence-corrected chi connectivity index (χ2v) is 4.27. The number of rotatable bonds is 2. The van der Waals surface area contributed by atoms with Crippen LogP contribution in [0.3, 0.4) is 0 Å². The summed E-state index contributed by atoms with van der Waals surface area (Å²) >= 11 is 0. The predicted molar refractivity (Wildman–Crippen MR) is 58.9 cm³/mol. The van der Waals surface area contributed by atoms with E-state index in [2.05, 4.69) is 0 Å². The Hall–Kier alpha value is -1.39. The van der Waals surface area contributed by atoms with Gasteiger partial charge in [0.1, 0.15) is 11.9 Å². The van der Waals surface area contributed by atoms with Crippen LogP contribution in [0.2, 0.25) is 0 Å². The third kappa shape index (κ3) is 2.06. The van der Waals surface area contributed by atoms with Gasteiger partial charge in [-0.1, -0.05) is 6.08 Å². The van der Waals surface area contributed by atoms with Gasteiger partial charge in [0.2, 0.25) is 0 Å². The number of likely N-dealkylation sites (N-methyl/N-ethyl adjacent to an activating group) is 1. The molecule has 0 aromatic rings. The van der Waals surface area contributed by atoms with Crippen molar-refractivity contribution in [3.63, 3.8) is 0 Å². The van der Waals surface area contributed by atoms with Gasteiger partial charge in [0.25, 0.3) is 0 Å². The zero-order chi connectivity index (χ0) is 12.6. The van der Waals surface area contributed by atoms with Gasteiger partial charge in [-0.3, -0.25) is 0 Å². The molecule has 0 N–H and O–H groups in total. The van der Waals surface area contributed by atoms with E-state index in [4.69, 9.17) is 4.74 Å². The largest absolute Gasteiger partial charge is 0.439 e. The maximum Gasteiger partial charge on any atom is 0.410 e. The van der Waals surface area contributed by atoms with Gasteiger partial charge in [0.05, 0.1) is 6.04 Å². The second-order valence-electron chi connectivity index (χ2n) is 4.27. The molecule has 17 heavy (non-hydrogen) atoms. The second kappa shape index (κ2) is 4.47. The fourth-order valence-electron chi connectivity index (χ4n) is 2.23. The quantitative estimate of drug-likeness (QED) is 0.746. The molecule has 5 heteroatoms. The lowest BCUT2D eigenvalue weighted by Crippen LogP contribution is -2.34. The van der Waals surface area contributed by atoms with Crippen molar-refractivity contribution in [2.75, 3.05) is 6.54 Å². The summed E-state index contributed by atoms with van der Waals surface area (Å²) in [5.41, 5.74) is 0.549. The molecule has 0 aromatic carbocycles. The van der Waals surface area contributed by atoms with E-state index in [-0.39, 0.29) is 12.5 Å². The van der Waals surface area contributed by atoms with Gasteiger partial charge in [0, 0.05) is 13.0 Å². The van der Waals surface area contributed by atoms with Crippen molar-refractivity contribution in [3.05, 3.63) is 23.6 Å². The van der Waals surface area contributed by atoms with E-state index in [0.717, 1.165) is 6.08 Å². The minimum absolute atomic E-state index is 0.00453. The maximum atomic E-state index is 13.2. The lowest BCUT2D eigenvalue weighted by Gasteiger charge is -2.21. The fourth-order valence-corrected chi connectivity index (χ4v) is 2.23. The molecule has 0 aromatic heterocycles. The molecule has 0 radical (unpaired) electrons. The van der Waals surface area contributed by atoms with Crippen LogP contribution < -0.4 is 0 Å². The Labute approximate surface area is 98.7 Å². The summed E-state index contributed by atoms with van der Waals surface area (Å²) in [6.45, 7) is 4.23. The van der Waals surface area contributed by atoms with E-state index in [1.54, 1.807) is 11.0 Å². The highest BCUT2D eigenvalue weighted by atomic mass is 19.2. The van der Waals surface area contributed by atoms with Crippen LogP contribution in [-0.4, -0.2) is 35.9 Å². The number of hydrogen-bond donors (Lipinski definition) is 0. The smallest absolute Gasteiger partial charge is 0.410 e. The Bertz CT molecular complexity index is 392. The highest BCUT2D eigenvalue weighted by molar-refractivity contribution is 5.71. The number of hydrogen-bond acceptors (Lipinski definition) is 2. The van der Waals surface area contributed by atoms with Gasteiger partial charge in [-0.15, -0.1) is 0 Å². The topological polar surface area (TPSA) is 29.5 Å². The number of carbonyl (C=O) groups is 1. The Kier molecular flexibility index (Phi) is 3.17. The number of allylic oxidation sites excluding steroid dienone is 2. The van der Waals surface area contributed by atoms with Gasteiger partial charge in [0.15, 0.2) is 6.17 Å². The summed E-state index contributed by atoms with van der Waals surface area (Å²) in [6.07, 6.45) is 0.282. The molecular formula is C12H15F2NO2. The van der Waals surface area contributed by atoms with Crippen molar-refractivity contribution in [1.82, 2.24) is 4.90 Å². The van der Waals surface area contributed by atoms with Gasteiger partial charge >= 0.3 is 6.09 Å². The van der Waals surface area contributed by atoms with Crippen molar-refractivity contribution in [1.29, 1.82) is 0 Å². The molecule has 1 amide bonds. The minimum atomic E-state index is -1.56. The molecule has 2 rings (SSSR count). The number of cyclic esters (lactones) is 1. The van der Waals surface area contributed by atoms with Gasteiger partial charge in [-0.05, 0) is 25.5 Å². The lowest BCUT2D eigenvalue weighted by molar-refractivity contribution is 0.143. The van der Waals surface area contributed by atoms with E-state index in [1.807, 2.05) is 13.8 Å². The number of amides is 1. The maximum absolute atomic E-state index is 13.2. The van der Waals surface area contributed by atoms with Crippen LogP contribution >= 0.6 is 0 Å². The number of nitrogens with zero attached hydrogens (tertiary/aromatic N) is 1. The van der Waals surface area contributed by atoms with Crippen LogP contribution in [0.25, 0.3) is 0 Å². The lowest BCUT2D eigenvalue weighted by atomic mass is 9.96. The van der Waals surface area contributed by atoms with Crippen LogP contribution in [0.15, 0.2) is 23.6 Å². The van der Waals surface area contributed by atoms with E-state index >= 15 is 0 Å². The molecule has 1 unspecified atom stereocenters. The summed E-state index contributed by atoms with van der Waals surface area (Å²) in [5, 5.41) is 0. The Morgan fingerprint density at radius 1 is 1.59 bits per heavy atom.